The average molecular weight is 296 g/mol. The van der Waals surface area contributed by atoms with Gasteiger partial charge in [-0.25, -0.2) is 0 Å². The van der Waals surface area contributed by atoms with E-state index in [1.54, 1.807) is 17.8 Å². The van der Waals surface area contributed by atoms with Crippen LogP contribution in [0.5, 0.6) is 11.5 Å². The third-order valence-electron chi connectivity index (χ3n) is 3.18. The van der Waals surface area contributed by atoms with E-state index in [9.17, 15) is 5.11 Å². The molecule has 0 aromatic heterocycles. The molecule has 0 spiro atoms. The van der Waals surface area contributed by atoms with E-state index in [4.69, 9.17) is 4.74 Å². The van der Waals surface area contributed by atoms with Crippen molar-refractivity contribution in [1.29, 1.82) is 0 Å². The van der Waals surface area contributed by atoms with Gasteiger partial charge in [0.1, 0.15) is 0 Å². The predicted octanol–water partition coefficient (Wildman–Crippen LogP) is 4.72. The minimum Gasteiger partial charge on any atom is -0.504 e. The predicted molar refractivity (Wildman–Crippen MR) is 88.3 cm³/mol. The van der Waals surface area contributed by atoms with E-state index in [0.717, 1.165) is 16.5 Å². The Balaban J connectivity index is 1.61. The Morgan fingerprint density at radius 1 is 0.857 bits per heavy atom. The molecule has 0 unspecified atom stereocenters. The Labute approximate surface area is 128 Å². The summed E-state index contributed by atoms with van der Waals surface area (Å²) in [6.07, 6.45) is 0. The fourth-order valence-corrected chi connectivity index (χ4v) is 2.90. The second kappa shape index (κ2) is 6.55. The number of fused-ring (bicyclic) bond motifs is 1. The first-order valence-corrected chi connectivity index (χ1v) is 7.84. The summed E-state index contributed by atoms with van der Waals surface area (Å²) < 4.78 is 5.70. The molecule has 0 atom stereocenters. The van der Waals surface area contributed by atoms with E-state index in [0.29, 0.717) is 12.4 Å². The zero-order valence-corrected chi connectivity index (χ0v) is 12.3. The lowest BCUT2D eigenvalue weighted by Gasteiger charge is -2.09. The Kier molecular flexibility index (Phi) is 4.31. The summed E-state index contributed by atoms with van der Waals surface area (Å²) in [5.41, 5.74) is 0. The van der Waals surface area contributed by atoms with Gasteiger partial charge < -0.3 is 9.84 Å². The van der Waals surface area contributed by atoms with E-state index in [1.807, 2.05) is 48.5 Å². The molecule has 3 rings (SSSR count). The van der Waals surface area contributed by atoms with Gasteiger partial charge in [-0.3, -0.25) is 0 Å². The molecule has 21 heavy (non-hydrogen) atoms. The molecule has 3 heteroatoms. The van der Waals surface area contributed by atoms with E-state index >= 15 is 0 Å². The quantitative estimate of drug-likeness (QED) is 0.546. The van der Waals surface area contributed by atoms with Crippen molar-refractivity contribution in [2.75, 3.05) is 12.4 Å². The summed E-state index contributed by atoms with van der Waals surface area (Å²) in [6.45, 7) is 0.561. The van der Waals surface area contributed by atoms with Crippen molar-refractivity contribution in [3.63, 3.8) is 0 Å². The monoisotopic (exact) mass is 296 g/mol. The van der Waals surface area contributed by atoms with Crippen LogP contribution in [0, 0.1) is 0 Å². The van der Waals surface area contributed by atoms with Gasteiger partial charge in [0, 0.05) is 10.6 Å². The van der Waals surface area contributed by atoms with Gasteiger partial charge >= 0.3 is 0 Å². The van der Waals surface area contributed by atoms with Gasteiger partial charge in [-0.1, -0.05) is 42.5 Å². The fraction of sp³-hybridized carbons (Fsp3) is 0.111. The van der Waals surface area contributed by atoms with Crippen molar-refractivity contribution < 1.29 is 9.84 Å². The molecule has 106 valence electrons. The first-order chi connectivity index (χ1) is 10.3. The van der Waals surface area contributed by atoms with Crippen LogP contribution in [0.2, 0.25) is 0 Å². The van der Waals surface area contributed by atoms with Gasteiger partial charge in [0.25, 0.3) is 0 Å². The summed E-state index contributed by atoms with van der Waals surface area (Å²) in [5, 5.41) is 12.1. The average Bonchev–Trinajstić information content (AvgIpc) is 2.53. The molecule has 1 N–H and O–H groups in total. The number of thioether (sulfide) groups is 1. The summed E-state index contributed by atoms with van der Waals surface area (Å²) >= 11 is 1.74. The van der Waals surface area contributed by atoms with Crippen molar-refractivity contribution in [3.05, 3.63) is 66.7 Å². The van der Waals surface area contributed by atoms with Crippen molar-refractivity contribution in [3.8, 4) is 11.5 Å². The zero-order chi connectivity index (χ0) is 14.5. The molecular weight excluding hydrogens is 280 g/mol. The van der Waals surface area contributed by atoms with Crippen molar-refractivity contribution in [2.24, 2.45) is 0 Å². The number of hydrogen-bond acceptors (Lipinski definition) is 3. The Morgan fingerprint density at radius 3 is 2.29 bits per heavy atom. The maximum atomic E-state index is 9.99. The number of benzene rings is 3. The molecule has 0 heterocycles. The van der Waals surface area contributed by atoms with Crippen molar-refractivity contribution >= 4 is 22.5 Å². The standard InChI is InChI=1S/C18H16O2S/c19-17-12-14-6-4-5-7-15(14)13-18(17)20-10-11-21-16-8-2-1-3-9-16/h1-9,12-13,19H,10-11H2. The normalized spacial score (nSPS) is 10.7. The van der Waals surface area contributed by atoms with E-state index in [2.05, 4.69) is 12.1 Å². The van der Waals surface area contributed by atoms with Crippen LogP contribution >= 0.6 is 11.8 Å². The lowest BCUT2D eigenvalue weighted by molar-refractivity contribution is 0.322. The second-order valence-corrected chi connectivity index (χ2v) is 5.85. The maximum absolute atomic E-state index is 9.99. The molecule has 0 bridgehead atoms. The third kappa shape index (κ3) is 3.50. The summed E-state index contributed by atoms with van der Waals surface area (Å²) in [7, 11) is 0. The highest BCUT2D eigenvalue weighted by Gasteiger charge is 2.05. The van der Waals surface area contributed by atoms with Crippen LogP contribution in [-0.2, 0) is 0 Å². The lowest BCUT2D eigenvalue weighted by Crippen LogP contribution is -2.00. The minimum atomic E-state index is 0.193. The Hall–Kier alpha value is -2.13. The first kappa shape index (κ1) is 13.8. The van der Waals surface area contributed by atoms with Gasteiger partial charge in [-0.15, -0.1) is 11.8 Å². The number of phenolic OH excluding ortho intramolecular Hbond substituents is 1. The Bertz CT molecular complexity index is 726. The van der Waals surface area contributed by atoms with Gasteiger partial charge in [0.15, 0.2) is 11.5 Å². The molecule has 0 fully saturated rings. The highest BCUT2D eigenvalue weighted by atomic mass is 32.2. The van der Waals surface area contributed by atoms with Gasteiger partial charge in [0.2, 0.25) is 0 Å². The maximum Gasteiger partial charge on any atom is 0.161 e. The molecule has 0 saturated heterocycles. The number of rotatable bonds is 5. The van der Waals surface area contributed by atoms with Crippen LogP contribution in [0.15, 0.2) is 71.6 Å². The van der Waals surface area contributed by atoms with Crippen LogP contribution in [0.25, 0.3) is 10.8 Å². The smallest absolute Gasteiger partial charge is 0.161 e. The van der Waals surface area contributed by atoms with Gasteiger partial charge in [0.05, 0.1) is 6.61 Å². The largest absolute Gasteiger partial charge is 0.504 e. The van der Waals surface area contributed by atoms with E-state index in [1.165, 1.54) is 4.90 Å². The second-order valence-electron chi connectivity index (χ2n) is 4.68. The summed E-state index contributed by atoms with van der Waals surface area (Å²) in [6, 6.07) is 21.8. The highest BCUT2D eigenvalue weighted by molar-refractivity contribution is 7.99. The van der Waals surface area contributed by atoms with Crippen LogP contribution in [-0.4, -0.2) is 17.5 Å². The molecule has 0 aliphatic rings. The van der Waals surface area contributed by atoms with Gasteiger partial charge in [-0.2, -0.15) is 0 Å². The molecule has 3 aromatic rings. The number of hydrogen-bond donors (Lipinski definition) is 1. The molecule has 2 nitrogen and oxygen atoms in total. The molecule has 0 amide bonds. The molecule has 3 aromatic carbocycles. The van der Waals surface area contributed by atoms with Gasteiger partial charge in [-0.05, 0) is 35.0 Å². The summed E-state index contributed by atoms with van der Waals surface area (Å²) in [4.78, 5) is 1.23. The summed E-state index contributed by atoms with van der Waals surface area (Å²) in [5.74, 6) is 1.58. The Morgan fingerprint density at radius 2 is 1.52 bits per heavy atom. The minimum absolute atomic E-state index is 0.193. The molecule has 0 radical (unpaired) electrons. The van der Waals surface area contributed by atoms with Crippen molar-refractivity contribution in [2.45, 2.75) is 4.90 Å². The third-order valence-corrected chi connectivity index (χ3v) is 4.16. The van der Waals surface area contributed by atoms with E-state index < -0.39 is 0 Å². The first-order valence-electron chi connectivity index (χ1n) is 6.85. The van der Waals surface area contributed by atoms with Crippen molar-refractivity contribution in [1.82, 2.24) is 0 Å². The fourth-order valence-electron chi connectivity index (χ4n) is 2.15. The number of aromatic hydroxyl groups is 1. The topological polar surface area (TPSA) is 29.5 Å². The molecule has 0 aliphatic carbocycles. The molecule has 0 saturated carbocycles. The highest BCUT2D eigenvalue weighted by Crippen LogP contribution is 2.31. The molecular formula is C18H16O2S. The van der Waals surface area contributed by atoms with Crippen LogP contribution < -0.4 is 4.74 Å². The van der Waals surface area contributed by atoms with Crippen LogP contribution in [0.1, 0.15) is 0 Å². The zero-order valence-electron chi connectivity index (χ0n) is 11.5. The SMILES string of the molecule is Oc1cc2ccccc2cc1OCCSc1ccccc1. The lowest BCUT2D eigenvalue weighted by atomic mass is 10.1. The van der Waals surface area contributed by atoms with E-state index in [-0.39, 0.29) is 5.75 Å². The van der Waals surface area contributed by atoms with Crippen LogP contribution in [0.3, 0.4) is 0 Å². The van der Waals surface area contributed by atoms with Crippen LogP contribution in [0.4, 0.5) is 0 Å². The number of phenols is 1. The molecule has 0 aliphatic heterocycles. The number of ether oxygens (including phenoxy) is 1.